The van der Waals surface area contributed by atoms with E-state index in [0.29, 0.717) is 22.7 Å². The molecule has 39 heavy (non-hydrogen) atoms. The maximum atomic E-state index is 15.3. The van der Waals surface area contributed by atoms with Crippen LogP contribution in [-0.4, -0.2) is 39.9 Å². The van der Waals surface area contributed by atoms with Crippen LogP contribution in [0.2, 0.25) is 0 Å². The van der Waals surface area contributed by atoms with Gasteiger partial charge in [-0.25, -0.2) is 4.39 Å². The molecule has 1 amide bonds. The van der Waals surface area contributed by atoms with Crippen molar-refractivity contribution in [3.63, 3.8) is 0 Å². The Morgan fingerprint density at radius 1 is 1.15 bits per heavy atom. The molecule has 2 N–H and O–H groups in total. The molecule has 0 atom stereocenters. The Labute approximate surface area is 227 Å². The highest BCUT2D eigenvalue weighted by atomic mass is 19.1. The largest absolute Gasteiger partial charge is 0.490 e. The summed E-state index contributed by atoms with van der Waals surface area (Å²) in [5.41, 5.74) is 1.74. The normalized spacial score (nSPS) is 14.4. The lowest BCUT2D eigenvalue weighted by atomic mass is 10.1. The zero-order chi connectivity index (χ0) is 27.6. The van der Waals surface area contributed by atoms with Gasteiger partial charge in [-0.3, -0.25) is 14.5 Å². The Kier molecular flexibility index (Phi) is 7.52. The van der Waals surface area contributed by atoms with Crippen molar-refractivity contribution in [3.05, 3.63) is 71.9 Å². The maximum absolute atomic E-state index is 15.3. The number of rotatable bonds is 7. The van der Waals surface area contributed by atoms with E-state index in [1.54, 1.807) is 48.4 Å². The minimum atomic E-state index is -0.471. The standard InChI is InChI=1S/C30H34FN5O3/c1-19-26(8-5-20(29(19)31)15-28(37)35-21-17-34-36(18-21)30(2,3)4)39-27-11-14-33-25-7-6-23(16-24(25)27)38-22-9-12-32-13-10-22/h5-8,11,14,16-18,22,32H,9-10,12-13,15H2,1-4H3,(H,35,37). The summed E-state index contributed by atoms with van der Waals surface area (Å²) in [6.07, 6.45) is 6.98. The molecular formula is C30H34FN5O3. The Balaban J connectivity index is 1.31. The third-order valence-electron chi connectivity index (χ3n) is 6.80. The molecular weight excluding hydrogens is 497 g/mol. The lowest BCUT2D eigenvalue weighted by Crippen LogP contribution is -2.34. The van der Waals surface area contributed by atoms with Gasteiger partial charge < -0.3 is 20.1 Å². The molecule has 3 heterocycles. The van der Waals surface area contributed by atoms with Crippen LogP contribution in [0.15, 0.2) is 55.0 Å². The maximum Gasteiger partial charge on any atom is 0.228 e. The number of fused-ring (bicyclic) bond motifs is 1. The molecule has 1 fully saturated rings. The van der Waals surface area contributed by atoms with Crippen LogP contribution in [0.3, 0.4) is 0 Å². The number of carbonyl (C=O) groups is 1. The van der Waals surface area contributed by atoms with Gasteiger partial charge in [0.15, 0.2) is 0 Å². The first-order valence-corrected chi connectivity index (χ1v) is 13.2. The van der Waals surface area contributed by atoms with Crippen LogP contribution in [0.1, 0.15) is 44.7 Å². The molecule has 0 saturated carbocycles. The van der Waals surface area contributed by atoms with Crippen LogP contribution < -0.4 is 20.1 Å². The van der Waals surface area contributed by atoms with Crippen LogP contribution in [0.5, 0.6) is 17.2 Å². The Morgan fingerprint density at radius 2 is 1.95 bits per heavy atom. The Morgan fingerprint density at radius 3 is 2.69 bits per heavy atom. The quantitative estimate of drug-likeness (QED) is 0.316. The Hall–Kier alpha value is -3.98. The number of benzene rings is 2. The zero-order valence-corrected chi connectivity index (χ0v) is 22.8. The molecule has 204 valence electrons. The third kappa shape index (κ3) is 6.20. The van der Waals surface area contributed by atoms with Crippen LogP contribution in [-0.2, 0) is 16.8 Å². The fraction of sp³-hybridized carbons (Fsp3) is 0.367. The van der Waals surface area contributed by atoms with Gasteiger partial charge in [0.25, 0.3) is 0 Å². The molecule has 2 aromatic carbocycles. The lowest BCUT2D eigenvalue weighted by Gasteiger charge is -2.24. The zero-order valence-electron chi connectivity index (χ0n) is 22.8. The van der Waals surface area contributed by atoms with Crippen molar-refractivity contribution in [2.24, 2.45) is 0 Å². The van der Waals surface area contributed by atoms with Gasteiger partial charge in [-0.2, -0.15) is 5.10 Å². The van der Waals surface area contributed by atoms with E-state index in [9.17, 15) is 4.79 Å². The van der Waals surface area contributed by atoms with E-state index < -0.39 is 5.82 Å². The van der Waals surface area contributed by atoms with Gasteiger partial charge in [0, 0.05) is 23.3 Å². The summed E-state index contributed by atoms with van der Waals surface area (Å²) in [5, 5.41) is 11.2. The number of halogens is 1. The molecule has 2 aromatic heterocycles. The topological polar surface area (TPSA) is 90.3 Å². The van der Waals surface area contributed by atoms with Crippen molar-refractivity contribution >= 4 is 22.5 Å². The minimum Gasteiger partial charge on any atom is -0.490 e. The molecule has 9 heteroatoms. The Bertz CT molecular complexity index is 1490. The fourth-order valence-corrected chi connectivity index (χ4v) is 4.59. The molecule has 1 saturated heterocycles. The van der Waals surface area contributed by atoms with Gasteiger partial charge in [0.1, 0.15) is 29.2 Å². The summed E-state index contributed by atoms with van der Waals surface area (Å²) < 4.78 is 29.5. The number of piperidine rings is 1. The molecule has 0 bridgehead atoms. The van der Waals surface area contributed by atoms with Gasteiger partial charge >= 0.3 is 0 Å². The second-order valence-corrected chi connectivity index (χ2v) is 10.9. The van der Waals surface area contributed by atoms with Crippen LogP contribution >= 0.6 is 0 Å². The van der Waals surface area contributed by atoms with Crippen molar-refractivity contribution < 1.29 is 18.7 Å². The second-order valence-electron chi connectivity index (χ2n) is 10.9. The van der Waals surface area contributed by atoms with Crippen LogP contribution in [0.4, 0.5) is 10.1 Å². The summed E-state index contributed by atoms with van der Waals surface area (Å²) in [7, 11) is 0. The number of amides is 1. The third-order valence-corrected chi connectivity index (χ3v) is 6.80. The van der Waals surface area contributed by atoms with E-state index in [2.05, 4.69) is 20.7 Å². The van der Waals surface area contributed by atoms with Gasteiger partial charge in [-0.15, -0.1) is 0 Å². The smallest absolute Gasteiger partial charge is 0.228 e. The monoisotopic (exact) mass is 531 g/mol. The highest BCUT2D eigenvalue weighted by molar-refractivity contribution is 5.92. The fourth-order valence-electron chi connectivity index (χ4n) is 4.59. The molecule has 1 aliphatic heterocycles. The summed E-state index contributed by atoms with van der Waals surface area (Å²) in [4.78, 5) is 17.1. The molecule has 0 radical (unpaired) electrons. The number of carbonyl (C=O) groups excluding carboxylic acids is 1. The average Bonchev–Trinajstić information content (AvgIpc) is 3.38. The predicted molar refractivity (Wildman–Crippen MR) is 149 cm³/mol. The number of anilines is 1. The van der Waals surface area contributed by atoms with Crippen molar-refractivity contribution in [1.29, 1.82) is 0 Å². The second kappa shape index (κ2) is 11.0. The van der Waals surface area contributed by atoms with E-state index in [-0.39, 0.29) is 29.5 Å². The molecule has 5 rings (SSSR count). The van der Waals surface area contributed by atoms with Crippen LogP contribution in [0, 0.1) is 12.7 Å². The van der Waals surface area contributed by atoms with E-state index >= 15 is 4.39 Å². The van der Waals surface area contributed by atoms with Crippen molar-refractivity contribution in [3.8, 4) is 17.2 Å². The number of pyridine rings is 1. The van der Waals surface area contributed by atoms with E-state index in [4.69, 9.17) is 9.47 Å². The first-order valence-electron chi connectivity index (χ1n) is 13.2. The first kappa shape index (κ1) is 26.6. The number of nitrogens with zero attached hydrogens (tertiary/aromatic N) is 3. The van der Waals surface area contributed by atoms with Crippen molar-refractivity contribution in [1.82, 2.24) is 20.1 Å². The summed E-state index contributed by atoms with van der Waals surface area (Å²) in [5.74, 6) is 0.891. The summed E-state index contributed by atoms with van der Waals surface area (Å²) >= 11 is 0. The predicted octanol–water partition coefficient (Wildman–Crippen LogP) is 5.74. The van der Waals surface area contributed by atoms with Crippen molar-refractivity contribution in [2.45, 2.75) is 58.6 Å². The van der Waals surface area contributed by atoms with Crippen LogP contribution in [0.25, 0.3) is 10.9 Å². The molecule has 0 aliphatic carbocycles. The molecule has 0 unspecified atom stereocenters. The van der Waals surface area contributed by atoms with E-state index in [0.717, 1.165) is 42.6 Å². The first-order chi connectivity index (χ1) is 18.7. The summed E-state index contributed by atoms with van der Waals surface area (Å²) in [6, 6.07) is 10.8. The number of nitrogens with one attached hydrogen (secondary N) is 2. The average molecular weight is 532 g/mol. The van der Waals surface area contributed by atoms with Gasteiger partial charge in [-0.05, 0) is 89.5 Å². The molecule has 4 aromatic rings. The SMILES string of the molecule is Cc1c(Oc2ccnc3ccc(OC4CCNCC4)cc23)ccc(CC(=O)Nc2cnn(C(C)(C)C)c2)c1F. The summed E-state index contributed by atoms with van der Waals surface area (Å²) in [6.45, 7) is 9.59. The van der Waals surface area contributed by atoms with Gasteiger partial charge in [0.05, 0.1) is 29.4 Å². The number of aromatic nitrogens is 3. The lowest BCUT2D eigenvalue weighted by molar-refractivity contribution is -0.115. The van der Waals surface area contributed by atoms with Gasteiger partial charge in [0.2, 0.25) is 5.91 Å². The highest BCUT2D eigenvalue weighted by Gasteiger charge is 2.19. The molecule has 0 spiro atoms. The number of hydrogen-bond donors (Lipinski definition) is 2. The molecule has 8 nitrogen and oxygen atoms in total. The van der Waals surface area contributed by atoms with E-state index in [1.165, 1.54) is 0 Å². The van der Waals surface area contributed by atoms with E-state index in [1.807, 2.05) is 39.0 Å². The van der Waals surface area contributed by atoms with Crippen molar-refractivity contribution in [2.75, 3.05) is 18.4 Å². The minimum absolute atomic E-state index is 0.108. The van der Waals surface area contributed by atoms with Gasteiger partial charge in [-0.1, -0.05) is 6.07 Å². The number of ether oxygens (including phenoxy) is 2. The molecule has 1 aliphatic rings. The highest BCUT2D eigenvalue weighted by Crippen LogP contribution is 2.34. The number of hydrogen-bond acceptors (Lipinski definition) is 6.